The van der Waals surface area contributed by atoms with Gasteiger partial charge in [0.1, 0.15) is 0 Å². The summed E-state index contributed by atoms with van der Waals surface area (Å²) in [7, 11) is 0. The average Bonchev–Trinajstić information content (AvgIpc) is 2.76. The van der Waals surface area contributed by atoms with E-state index in [4.69, 9.17) is 4.74 Å². The van der Waals surface area contributed by atoms with E-state index in [0.717, 1.165) is 19.3 Å². The number of carboxylic acids is 1. The molecule has 0 aromatic heterocycles. The fourth-order valence-electron chi connectivity index (χ4n) is 2.82. The predicted molar refractivity (Wildman–Crippen MR) is 52.0 cm³/mol. The van der Waals surface area contributed by atoms with Crippen LogP contribution >= 0.6 is 0 Å². The van der Waals surface area contributed by atoms with Crippen molar-refractivity contribution in [1.29, 1.82) is 0 Å². The van der Waals surface area contributed by atoms with Crippen LogP contribution in [0.2, 0.25) is 0 Å². The highest BCUT2D eigenvalue weighted by molar-refractivity contribution is 5.79. The second-order valence-electron chi connectivity index (χ2n) is 5.26. The molecule has 0 amide bonds. The summed E-state index contributed by atoms with van der Waals surface area (Å²) in [6, 6.07) is 0. The molecule has 2 aliphatic rings. The molecule has 1 aliphatic carbocycles. The maximum Gasteiger partial charge on any atom is 0.310 e. The van der Waals surface area contributed by atoms with Crippen molar-refractivity contribution in [2.24, 2.45) is 16.7 Å². The monoisotopic (exact) mass is 198 g/mol. The molecule has 80 valence electrons. The van der Waals surface area contributed by atoms with Crippen LogP contribution in [0.5, 0.6) is 0 Å². The Morgan fingerprint density at radius 2 is 2.00 bits per heavy atom. The minimum atomic E-state index is -0.610. The maximum absolute atomic E-state index is 11.2. The highest BCUT2D eigenvalue weighted by Gasteiger charge is 2.67. The summed E-state index contributed by atoms with van der Waals surface area (Å²) in [5.74, 6) is -0.0582. The van der Waals surface area contributed by atoms with E-state index in [1.165, 1.54) is 0 Å². The normalized spacial score (nSPS) is 27.1. The molecule has 1 saturated carbocycles. The molecular weight excluding hydrogens is 180 g/mol. The molecule has 0 unspecified atom stereocenters. The topological polar surface area (TPSA) is 46.5 Å². The number of carbonyl (C=O) groups is 1. The Hall–Kier alpha value is -0.570. The van der Waals surface area contributed by atoms with Gasteiger partial charge in [0, 0.05) is 5.41 Å². The van der Waals surface area contributed by atoms with E-state index in [1.54, 1.807) is 0 Å². The summed E-state index contributed by atoms with van der Waals surface area (Å²) in [6.45, 7) is 5.60. The van der Waals surface area contributed by atoms with Crippen molar-refractivity contribution < 1.29 is 14.6 Å². The molecule has 2 fully saturated rings. The van der Waals surface area contributed by atoms with Crippen molar-refractivity contribution in [3.8, 4) is 0 Å². The number of ether oxygens (including phenoxy) is 1. The molecule has 0 spiro atoms. The van der Waals surface area contributed by atoms with Gasteiger partial charge in [-0.2, -0.15) is 0 Å². The van der Waals surface area contributed by atoms with E-state index in [2.05, 4.69) is 13.8 Å². The molecule has 1 heterocycles. The zero-order chi connectivity index (χ0) is 10.4. The van der Waals surface area contributed by atoms with Crippen molar-refractivity contribution in [3.63, 3.8) is 0 Å². The van der Waals surface area contributed by atoms with Crippen LogP contribution in [0, 0.1) is 16.7 Å². The second kappa shape index (κ2) is 2.96. The van der Waals surface area contributed by atoms with Gasteiger partial charge in [0.25, 0.3) is 0 Å². The Labute approximate surface area is 84.4 Å². The summed E-state index contributed by atoms with van der Waals surface area (Å²) in [6.07, 6.45) is 2.68. The lowest BCUT2D eigenvalue weighted by Gasteiger charge is -2.47. The zero-order valence-corrected chi connectivity index (χ0v) is 8.88. The first kappa shape index (κ1) is 9.97. The largest absolute Gasteiger partial charge is 0.481 e. The average molecular weight is 198 g/mol. The minimum Gasteiger partial charge on any atom is -0.481 e. The van der Waals surface area contributed by atoms with Gasteiger partial charge in [-0.25, -0.2) is 0 Å². The number of carboxylic acid groups (broad SMARTS) is 1. The first-order valence-corrected chi connectivity index (χ1v) is 5.34. The van der Waals surface area contributed by atoms with Gasteiger partial charge in [-0.05, 0) is 25.2 Å². The van der Waals surface area contributed by atoms with Crippen molar-refractivity contribution in [1.82, 2.24) is 0 Å². The van der Waals surface area contributed by atoms with Crippen LogP contribution in [-0.2, 0) is 9.53 Å². The molecule has 1 N–H and O–H groups in total. The van der Waals surface area contributed by atoms with Crippen molar-refractivity contribution in [2.45, 2.75) is 33.1 Å². The van der Waals surface area contributed by atoms with Crippen LogP contribution < -0.4 is 0 Å². The summed E-state index contributed by atoms with van der Waals surface area (Å²) in [5.41, 5.74) is -0.484. The summed E-state index contributed by atoms with van der Waals surface area (Å²) < 4.78 is 5.25. The van der Waals surface area contributed by atoms with E-state index >= 15 is 0 Å². The van der Waals surface area contributed by atoms with Crippen molar-refractivity contribution >= 4 is 5.97 Å². The first-order chi connectivity index (χ1) is 6.52. The van der Waals surface area contributed by atoms with Gasteiger partial charge in [0.15, 0.2) is 0 Å². The molecule has 2 rings (SSSR count). The third-order valence-electron chi connectivity index (χ3n) is 3.73. The van der Waals surface area contributed by atoms with Gasteiger partial charge < -0.3 is 9.84 Å². The third-order valence-corrected chi connectivity index (χ3v) is 3.73. The smallest absolute Gasteiger partial charge is 0.310 e. The fourth-order valence-corrected chi connectivity index (χ4v) is 2.82. The zero-order valence-electron chi connectivity index (χ0n) is 8.88. The molecule has 0 atom stereocenters. The van der Waals surface area contributed by atoms with Crippen LogP contribution in [0.3, 0.4) is 0 Å². The molecule has 0 bridgehead atoms. The highest BCUT2D eigenvalue weighted by atomic mass is 16.5. The van der Waals surface area contributed by atoms with E-state index in [-0.39, 0.29) is 5.41 Å². The van der Waals surface area contributed by atoms with E-state index in [9.17, 15) is 9.90 Å². The highest BCUT2D eigenvalue weighted by Crippen LogP contribution is 2.64. The molecule has 1 saturated heterocycles. The lowest BCUT2D eigenvalue weighted by atomic mass is 9.66. The Morgan fingerprint density at radius 3 is 2.21 bits per heavy atom. The molecule has 3 heteroatoms. The van der Waals surface area contributed by atoms with Gasteiger partial charge in [-0.15, -0.1) is 0 Å². The van der Waals surface area contributed by atoms with Crippen LogP contribution in [0.4, 0.5) is 0 Å². The van der Waals surface area contributed by atoms with Crippen LogP contribution in [0.15, 0.2) is 0 Å². The van der Waals surface area contributed by atoms with Crippen LogP contribution in [-0.4, -0.2) is 24.3 Å². The number of aliphatic carboxylic acids is 1. The van der Waals surface area contributed by atoms with E-state index in [1.807, 2.05) is 0 Å². The lowest BCUT2D eigenvalue weighted by molar-refractivity contribution is -0.187. The van der Waals surface area contributed by atoms with Crippen LogP contribution in [0.25, 0.3) is 0 Å². The standard InChI is InChI=1S/C11H18O3/c1-8(2)5-10(6-14-7-10)11(3-4-11)9(12)13/h8H,3-7H2,1-2H3,(H,12,13). The van der Waals surface area contributed by atoms with E-state index < -0.39 is 11.4 Å². The number of rotatable bonds is 4. The van der Waals surface area contributed by atoms with Gasteiger partial charge in [-0.3, -0.25) is 4.79 Å². The van der Waals surface area contributed by atoms with E-state index in [0.29, 0.717) is 19.1 Å². The predicted octanol–water partition coefficient (Wildman–Crippen LogP) is 1.91. The Bertz CT molecular complexity index is 249. The lowest BCUT2D eigenvalue weighted by Crippen LogP contribution is -2.53. The minimum absolute atomic E-state index is 0.0486. The molecule has 14 heavy (non-hydrogen) atoms. The van der Waals surface area contributed by atoms with Gasteiger partial charge in [0.2, 0.25) is 0 Å². The van der Waals surface area contributed by atoms with Crippen LogP contribution in [0.1, 0.15) is 33.1 Å². The Kier molecular flexibility index (Phi) is 2.11. The fraction of sp³-hybridized carbons (Fsp3) is 0.909. The number of hydrogen-bond acceptors (Lipinski definition) is 2. The van der Waals surface area contributed by atoms with Crippen molar-refractivity contribution in [3.05, 3.63) is 0 Å². The van der Waals surface area contributed by atoms with Crippen molar-refractivity contribution in [2.75, 3.05) is 13.2 Å². The third kappa shape index (κ3) is 1.18. The SMILES string of the molecule is CC(C)CC1(C2(C(=O)O)CC2)COC1. The molecule has 0 aromatic rings. The quantitative estimate of drug-likeness (QED) is 0.750. The van der Waals surface area contributed by atoms with Gasteiger partial charge in [-0.1, -0.05) is 13.8 Å². The molecular formula is C11H18O3. The summed E-state index contributed by atoms with van der Waals surface area (Å²) in [4.78, 5) is 11.2. The Morgan fingerprint density at radius 1 is 1.43 bits per heavy atom. The molecule has 0 radical (unpaired) electrons. The molecule has 3 nitrogen and oxygen atoms in total. The second-order valence-corrected chi connectivity index (χ2v) is 5.26. The summed E-state index contributed by atoms with van der Waals surface area (Å²) >= 11 is 0. The first-order valence-electron chi connectivity index (χ1n) is 5.34. The summed E-state index contributed by atoms with van der Waals surface area (Å²) in [5, 5.41) is 9.26. The van der Waals surface area contributed by atoms with Gasteiger partial charge >= 0.3 is 5.97 Å². The maximum atomic E-state index is 11.2. The molecule has 1 aliphatic heterocycles. The van der Waals surface area contributed by atoms with Gasteiger partial charge in [0.05, 0.1) is 18.6 Å². The Balaban J connectivity index is 2.16. The molecule has 0 aromatic carbocycles. The number of hydrogen-bond donors (Lipinski definition) is 1.